The highest BCUT2D eigenvalue weighted by atomic mass is 16.6. The number of carbonyl (C=O) groups is 2. The number of nitrogens with zero attached hydrogens (tertiary/aromatic N) is 4. The van der Waals surface area contributed by atoms with E-state index in [0.29, 0.717) is 29.0 Å². The highest BCUT2D eigenvalue weighted by Gasteiger charge is 2.55. The molecule has 1 atom stereocenters. The van der Waals surface area contributed by atoms with E-state index < -0.39 is 0 Å². The summed E-state index contributed by atoms with van der Waals surface area (Å²) in [4.78, 5) is 32.9. The smallest absolute Gasteiger partial charge is 0.410 e. The molecule has 8 heteroatoms. The van der Waals surface area contributed by atoms with Crippen LogP contribution in [0.25, 0.3) is 0 Å². The monoisotopic (exact) mass is 514 g/mol. The Hall–Kier alpha value is -2.09. The zero-order chi connectivity index (χ0) is 26.0. The average Bonchev–Trinajstić information content (AvgIpc) is 3.38. The first-order valence-electron chi connectivity index (χ1n) is 14.9. The van der Waals surface area contributed by atoms with Gasteiger partial charge in [-0.3, -0.25) is 9.69 Å². The Balaban J connectivity index is 1.18. The van der Waals surface area contributed by atoms with Gasteiger partial charge in [-0.25, -0.2) is 4.79 Å². The van der Waals surface area contributed by atoms with Gasteiger partial charge in [-0.05, 0) is 51.9 Å². The van der Waals surface area contributed by atoms with Gasteiger partial charge in [0.1, 0.15) is 16.9 Å². The molecule has 3 aliphatic heterocycles. The molecule has 0 bridgehead atoms. The lowest BCUT2D eigenvalue weighted by molar-refractivity contribution is -0.0385. The van der Waals surface area contributed by atoms with E-state index in [-0.39, 0.29) is 23.6 Å². The first-order chi connectivity index (χ1) is 17.9. The maximum Gasteiger partial charge on any atom is 0.410 e. The molecule has 2 amide bonds. The van der Waals surface area contributed by atoms with E-state index in [2.05, 4.69) is 21.9 Å². The van der Waals surface area contributed by atoms with Crippen LogP contribution in [0, 0.1) is 19.8 Å². The van der Waals surface area contributed by atoms with Crippen LogP contribution in [0.3, 0.4) is 0 Å². The lowest BCUT2D eigenvalue weighted by atomic mass is 9.80. The fourth-order valence-electron chi connectivity index (χ4n) is 7.46. The SMILES string of the molecule is CCCCC1N(CC2CCCCC2)C(=O)OC12CCN(C1CCN(C(=O)c3c(C)noc3C)CC1)CC2. The van der Waals surface area contributed by atoms with Crippen molar-refractivity contribution in [1.82, 2.24) is 19.9 Å². The van der Waals surface area contributed by atoms with Crippen LogP contribution < -0.4 is 0 Å². The van der Waals surface area contributed by atoms with Gasteiger partial charge in [-0.1, -0.05) is 44.2 Å². The summed E-state index contributed by atoms with van der Waals surface area (Å²) >= 11 is 0. The fourth-order valence-corrected chi connectivity index (χ4v) is 7.46. The minimum atomic E-state index is -0.322. The maximum absolute atomic E-state index is 13.2. The third-order valence-electron chi connectivity index (χ3n) is 9.68. The molecule has 3 saturated heterocycles. The number of amides is 2. The molecule has 1 aliphatic carbocycles. The van der Waals surface area contributed by atoms with Crippen molar-refractivity contribution in [3.8, 4) is 0 Å². The number of piperidine rings is 2. The van der Waals surface area contributed by atoms with Gasteiger partial charge >= 0.3 is 6.09 Å². The van der Waals surface area contributed by atoms with Gasteiger partial charge in [0, 0.05) is 51.6 Å². The Morgan fingerprint density at radius 2 is 1.73 bits per heavy atom. The molecule has 4 fully saturated rings. The van der Waals surface area contributed by atoms with E-state index in [0.717, 1.165) is 77.7 Å². The van der Waals surface area contributed by atoms with Crippen molar-refractivity contribution in [2.45, 2.75) is 116 Å². The summed E-state index contributed by atoms with van der Waals surface area (Å²) < 4.78 is 11.5. The van der Waals surface area contributed by atoms with Crippen molar-refractivity contribution in [3.05, 3.63) is 17.0 Å². The van der Waals surface area contributed by atoms with Crippen molar-refractivity contribution in [2.75, 3.05) is 32.7 Å². The molecule has 0 aromatic carbocycles. The molecule has 4 heterocycles. The van der Waals surface area contributed by atoms with Crippen molar-refractivity contribution < 1.29 is 18.8 Å². The quantitative estimate of drug-likeness (QED) is 0.490. The van der Waals surface area contributed by atoms with E-state index in [4.69, 9.17) is 9.26 Å². The standard InChI is InChI=1S/C29H46N4O4/c1-4-5-11-25-29(36-28(35)33(25)20-23-9-7-6-8-10-23)14-18-31(19-15-29)24-12-16-32(17-13-24)27(34)26-21(2)30-37-22(26)3/h23-25H,4-20H2,1-3H3. The summed E-state index contributed by atoms with van der Waals surface area (Å²) in [6.45, 7) is 10.2. The Morgan fingerprint density at radius 1 is 1.03 bits per heavy atom. The van der Waals surface area contributed by atoms with Gasteiger partial charge in [0.15, 0.2) is 0 Å². The first kappa shape index (κ1) is 26.5. The zero-order valence-electron chi connectivity index (χ0n) is 23.2. The average molecular weight is 515 g/mol. The third kappa shape index (κ3) is 5.41. The predicted molar refractivity (Wildman–Crippen MR) is 142 cm³/mol. The second-order valence-electron chi connectivity index (χ2n) is 12.0. The zero-order valence-corrected chi connectivity index (χ0v) is 23.2. The largest absolute Gasteiger partial charge is 0.440 e. The molecule has 0 radical (unpaired) electrons. The summed E-state index contributed by atoms with van der Waals surface area (Å²) in [6.07, 6.45) is 13.5. The number of unbranched alkanes of at least 4 members (excludes halogenated alkanes) is 1. The number of aromatic nitrogens is 1. The Labute approximate surface area is 222 Å². The number of hydrogen-bond donors (Lipinski definition) is 0. The summed E-state index contributed by atoms with van der Waals surface area (Å²) in [7, 11) is 0. The highest BCUT2D eigenvalue weighted by Crippen LogP contribution is 2.43. The predicted octanol–water partition coefficient (Wildman–Crippen LogP) is 5.32. The van der Waals surface area contributed by atoms with E-state index in [1.807, 2.05) is 18.7 Å². The molecule has 206 valence electrons. The van der Waals surface area contributed by atoms with Gasteiger partial charge in [-0.2, -0.15) is 0 Å². The molecule has 8 nitrogen and oxygen atoms in total. The number of likely N-dealkylation sites (tertiary alicyclic amines) is 2. The molecule has 1 unspecified atom stereocenters. The lowest BCUT2D eigenvalue weighted by Crippen LogP contribution is -2.56. The summed E-state index contributed by atoms with van der Waals surface area (Å²) in [5, 5.41) is 3.95. The van der Waals surface area contributed by atoms with Crippen LogP contribution in [-0.2, 0) is 4.74 Å². The molecule has 1 aromatic rings. The van der Waals surface area contributed by atoms with Crippen molar-refractivity contribution in [2.24, 2.45) is 5.92 Å². The van der Waals surface area contributed by atoms with Crippen LogP contribution in [0.5, 0.6) is 0 Å². The third-order valence-corrected chi connectivity index (χ3v) is 9.68. The van der Waals surface area contributed by atoms with E-state index in [1.165, 1.54) is 32.1 Å². The first-order valence-corrected chi connectivity index (χ1v) is 14.9. The van der Waals surface area contributed by atoms with E-state index in [1.54, 1.807) is 0 Å². The van der Waals surface area contributed by atoms with E-state index in [9.17, 15) is 9.59 Å². The van der Waals surface area contributed by atoms with Crippen LogP contribution in [-0.4, -0.2) is 82.3 Å². The van der Waals surface area contributed by atoms with Crippen LogP contribution in [0.1, 0.15) is 106 Å². The topological polar surface area (TPSA) is 79.1 Å². The van der Waals surface area contributed by atoms with Crippen LogP contribution in [0.2, 0.25) is 0 Å². The molecule has 4 aliphatic rings. The Kier molecular flexibility index (Phi) is 8.13. The van der Waals surface area contributed by atoms with Crippen molar-refractivity contribution in [1.29, 1.82) is 0 Å². The number of ether oxygens (including phenoxy) is 1. The number of aryl methyl sites for hydroxylation is 2. The number of carbonyl (C=O) groups excluding carboxylic acids is 2. The Bertz CT molecular complexity index is 920. The molecule has 1 spiro atoms. The summed E-state index contributed by atoms with van der Waals surface area (Å²) in [5.74, 6) is 1.29. The molecule has 0 N–H and O–H groups in total. The molecule has 1 saturated carbocycles. The summed E-state index contributed by atoms with van der Waals surface area (Å²) in [5.41, 5.74) is 0.974. The van der Waals surface area contributed by atoms with Gasteiger partial charge in [0.25, 0.3) is 5.91 Å². The van der Waals surface area contributed by atoms with Crippen molar-refractivity contribution >= 4 is 12.0 Å². The molecule has 5 rings (SSSR count). The number of rotatable bonds is 7. The molecule has 1 aromatic heterocycles. The normalized spacial score (nSPS) is 25.7. The second-order valence-corrected chi connectivity index (χ2v) is 12.0. The minimum absolute atomic E-state index is 0.0435. The van der Waals surface area contributed by atoms with Crippen LogP contribution in [0.15, 0.2) is 4.52 Å². The van der Waals surface area contributed by atoms with Crippen LogP contribution in [0.4, 0.5) is 4.79 Å². The van der Waals surface area contributed by atoms with Gasteiger partial charge in [0.05, 0.1) is 11.7 Å². The van der Waals surface area contributed by atoms with Gasteiger partial charge in [0.2, 0.25) is 0 Å². The number of hydrogen-bond acceptors (Lipinski definition) is 6. The van der Waals surface area contributed by atoms with Crippen molar-refractivity contribution in [3.63, 3.8) is 0 Å². The second kappa shape index (κ2) is 11.3. The van der Waals surface area contributed by atoms with Crippen LogP contribution >= 0.6 is 0 Å². The fraction of sp³-hybridized carbons (Fsp3) is 0.828. The molecule has 37 heavy (non-hydrogen) atoms. The minimum Gasteiger partial charge on any atom is -0.440 e. The van der Waals surface area contributed by atoms with E-state index >= 15 is 0 Å². The Morgan fingerprint density at radius 3 is 2.35 bits per heavy atom. The van der Waals surface area contributed by atoms with Gasteiger partial charge < -0.3 is 19.1 Å². The molecular weight excluding hydrogens is 468 g/mol. The maximum atomic E-state index is 13.2. The van der Waals surface area contributed by atoms with Gasteiger partial charge in [-0.15, -0.1) is 0 Å². The lowest BCUT2D eigenvalue weighted by Gasteiger charge is -2.46. The molecular formula is C29H46N4O4. The summed E-state index contributed by atoms with van der Waals surface area (Å²) in [6, 6.07) is 0.703. The highest BCUT2D eigenvalue weighted by molar-refractivity contribution is 5.96.